The highest BCUT2D eigenvalue weighted by atomic mass is 35.5. The molecule has 24 heavy (non-hydrogen) atoms. The Balaban J connectivity index is 1.97. The molecule has 1 heterocycles. The van der Waals surface area contributed by atoms with E-state index in [4.69, 9.17) is 33.0 Å². The lowest BCUT2D eigenvalue weighted by Gasteiger charge is -2.11. The van der Waals surface area contributed by atoms with Crippen molar-refractivity contribution in [3.8, 4) is 5.75 Å². The summed E-state index contributed by atoms with van der Waals surface area (Å²) >= 11 is 12.3. The maximum Gasteiger partial charge on any atom is 0.303 e. The van der Waals surface area contributed by atoms with Gasteiger partial charge in [-0.2, -0.15) is 0 Å². The standard InChI is InChI=1S/C16H16Cl2N2O4/c17-15-10(11(21)4-6-13-19-7-8-20-13)3-5-12(16(15)18)24-9-1-2-14(22)23/h3,5,7-8H,1-2,4,6,9H2,(H,19,20)(H,22,23). The number of aromatic amines is 1. The summed E-state index contributed by atoms with van der Waals surface area (Å²) in [6.45, 7) is 0.203. The zero-order valence-corrected chi connectivity index (χ0v) is 14.2. The molecule has 2 rings (SSSR count). The third kappa shape index (κ3) is 4.97. The van der Waals surface area contributed by atoms with Gasteiger partial charge in [0.2, 0.25) is 0 Å². The van der Waals surface area contributed by atoms with Crippen molar-refractivity contribution < 1.29 is 19.4 Å². The van der Waals surface area contributed by atoms with Crippen LogP contribution in [-0.4, -0.2) is 33.4 Å². The van der Waals surface area contributed by atoms with Gasteiger partial charge in [0, 0.05) is 37.2 Å². The summed E-state index contributed by atoms with van der Waals surface area (Å²) in [6, 6.07) is 3.13. The lowest BCUT2D eigenvalue weighted by molar-refractivity contribution is -0.137. The van der Waals surface area contributed by atoms with Gasteiger partial charge in [0.1, 0.15) is 16.6 Å². The lowest BCUT2D eigenvalue weighted by Crippen LogP contribution is -2.05. The number of benzene rings is 1. The second kappa shape index (κ2) is 8.70. The molecule has 0 radical (unpaired) electrons. The van der Waals surface area contributed by atoms with Crippen molar-refractivity contribution in [2.24, 2.45) is 0 Å². The fourth-order valence-corrected chi connectivity index (χ4v) is 2.55. The zero-order chi connectivity index (χ0) is 17.5. The fourth-order valence-electron chi connectivity index (χ4n) is 2.07. The molecule has 1 aromatic heterocycles. The van der Waals surface area contributed by atoms with E-state index < -0.39 is 5.97 Å². The van der Waals surface area contributed by atoms with Crippen LogP contribution in [-0.2, 0) is 11.2 Å². The van der Waals surface area contributed by atoms with Gasteiger partial charge < -0.3 is 14.8 Å². The van der Waals surface area contributed by atoms with Crippen LogP contribution in [0.4, 0.5) is 0 Å². The first kappa shape index (κ1) is 18.3. The van der Waals surface area contributed by atoms with E-state index in [1.165, 1.54) is 0 Å². The fraction of sp³-hybridized carbons (Fsp3) is 0.312. The van der Waals surface area contributed by atoms with E-state index >= 15 is 0 Å². The Hall–Kier alpha value is -2.05. The minimum absolute atomic E-state index is 0.00863. The molecule has 128 valence electrons. The zero-order valence-electron chi connectivity index (χ0n) is 12.7. The summed E-state index contributed by atoms with van der Waals surface area (Å²) in [6.07, 6.45) is 4.41. The minimum atomic E-state index is -0.889. The number of nitrogens with zero attached hydrogens (tertiary/aromatic N) is 1. The molecule has 8 heteroatoms. The van der Waals surface area contributed by atoms with Gasteiger partial charge in [0.15, 0.2) is 5.78 Å². The van der Waals surface area contributed by atoms with Crippen LogP contribution in [0.25, 0.3) is 0 Å². The topological polar surface area (TPSA) is 92.3 Å². The van der Waals surface area contributed by atoms with Crippen LogP contribution >= 0.6 is 23.2 Å². The van der Waals surface area contributed by atoms with Crippen LogP contribution in [0.2, 0.25) is 10.0 Å². The molecular weight excluding hydrogens is 355 g/mol. The first-order valence-corrected chi connectivity index (χ1v) is 8.08. The number of ketones is 1. The number of hydrogen-bond acceptors (Lipinski definition) is 4. The van der Waals surface area contributed by atoms with Crippen molar-refractivity contribution in [2.45, 2.75) is 25.7 Å². The number of hydrogen-bond donors (Lipinski definition) is 2. The number of imidazole rings is 1. The van der Waals surface area contributed by atoms with Crippen LogP contribution in [0.3, 0.4) is 0 Å². The summed E-state index contributed by atoms with van der Waals surface area (Å²) in [5.41, 5.74) is 0.325. The number of aromatic nitrogens is 2. The molecule has 6 nitrogen and oxygen atoms in total. The Morgan fingerprint density at radius 3 is 2.67 bits per heavy atom. The molecule has 0 spiro atoms. The van der Waals surface area contributed by atoms with Gasteiger partial charge in [0.05, 0.1) is 11.6 Å². The van der Waals surface area contributed by atoms with E-state index in [0.29, 0.717) is 24.2 Å². The van der Waals surface area contributed by atoms with Gasteiger partial charge in [-0.05, 0) is 18.6 Å². The second-order valence-corrected chi connectivity index (χ2v) is 5.80. The van der Waals surface area contributed by atoms with E-state index in [1.807, 2.05) is 0 Å². The average Bonchev–Trinajstić information content (AvgIpc) is 3.06. The number of halogens is 2. The predicted octanol–water partition coefficient (Wildman–Crippen LogP) is 3.78. The highest BCUT2D eigenvalue weighted by Crippen LogP contribution is 2.35. The number of carbonyl (C=O) groups excluding carboxylic acids is 1. The number of carbonyl (C=O) groups is 2. The van der Waals surface area contributed by atoms with Gasteiger partial charge in [-0.1, -0.05) is 23.2 Å². The SMILES string of the molecule is O=C(O)CCCOc1ccc(C(=O)CCc2ncc[nH]2)c(Cl)c1Cl. The van der Waals surface area contributed by atoms with E-state index in [1.54, 1.807) is 24.5 Å². The molecule has 2 N–H and O–H groups in total. The predicted molar refractivity (Wildman–Crippen MR) is 90.1 cm³/mol. The highest BCUT2D eigenvalue weighted by Gasteiger charge is 2.17. The van der Waals surface area contributed by atoms with Gasteiger partial charge in [-0.3, -0.25) is 9.59 Å². The minimum Gasteiger partial charge on any atom is -0.492 e. The summed E-state index contributed by atoms with van der Waals surface area (Å²) in [4.78, 5) is 29.7. The Bertz CT molecular complexity index is 717. The second-order valence-electron chi connectivity index (χ2n) is 5.04. The average molecular weight is 371 g/mol. The monoisotopic (exact) mass is 370 g/mol. The summed E-state index contributed by atoms with van der Waals surface area (Å²) in [5, 5.41) is 8.86. The maximum absolute atomic E-state index is 12.3. The molecule has 0 saturated heterocycles. The number of Topliss-reactive ketones (excluding diaryl/α,β-unsaturated/α-hetero) is 1. The molecule has 0 amide bonds. The molecular formula is C16H16Cl2N2O4. The van der Waals surface area contributed by atoms with Gasteiger partial charge in [0.25, 0.3) is 0 Å². The molecule has 2 aromatic rings. The Labute approximate surface area is 148 Å². The molecule has 0 saturated carbocycles. The maximum atomic E-state index is 12.3. The lowest BCUT2D eigenvalue weighted by atomic mass is 10.1. The van der Waals surface area contributed by atoms with E-state index in [0.717, 1.165) is 5.82 Å². The molecule has 0 unspecified atom stereocenters. The van der Waals surface area contributed by atoms with Gasteiger partial charge >= 0.3 is 5.97 Å². The Morgan fingerprint density at radius 2 is 2.00 bits per heavy atom. The molecule has 0 bridgehead atoms. The van der Waals surface area contributed by atoms with Crippen molar-refractivity contribution >= 4 is 35.0 Å². The molecule has 0 aliphatic rings. The number of nitrogens with one attached hydrogen (secondary N) is 1. The molecule has 0 atom stereocenters. The number of aliphatic carboxylic acids is 1. The molecule has 1 aromatic carbocycles. The van der Waals surface area contributed by atoms with Crippen LogP contribution in [0.5, 0.6) is 5.75 Å². The number of carboxylic acid groups (broad SMARTS) is 1. The summed E-state index contributed by atoms with van der Waals surface area (Å²) < 4.78 is 5.42. The summed E-state index contributed by atoms with van der Waals surface area (Å²) in [7, 11) is 0. The van der Waals surface area contributed by atoms with Crippen molar-refractivity contribution in [1.29, 1.82) is 0 Å². The highest BCUT2D eigenvalue weighted by molar-refractivity contribution is 6.44. The van der Waals surface area contributed by atoms with E-state index in [9.17, 15) is 9.59 Å². The van der Waals surface area contributed by atoms with Crippen LogP contribution in [0.1, 0.15) is 35.4 Å². The smallest absolute Gasteiger partial charge is 0.303 e. The third-order valence-electron chi connectivity index (χ3n) is 3.28. The normalized spacial score (nSPS) is 10.6. The Morgan fingerprint density at radius 1 is 1.21 bits per heavy atom. The third-order valence-corrected chi connectivity index (χ3v) is 4.15. The van der Waals surface area contributed by atoms with Gasteiger partial charge in [-0.15, -0.1) is 0 Å². The first-order chi connectivity index (χ1) is 11.5. The van der Waals surface area contributed by atoms with Crippen molar-refractivity contribution in [3.05, 3.63) is 46.0 Å². The van der Waals surface area contributed by atoms with Gasteiger partial charge in [-0.25, -0.2) is 4.98 Å². The van der Waals surface area contributed by atoms with Crippen LogP contribution < -0.4 is 4.74 Å². The summed E-state index contributed by atoms with van der Waals surface area (Å²) in [5.74, 6) is 0.0227. The number of rotatable bonds is 9. The molecule has 0 aliphatic carbocycles. The molecule has 0 fully saturated rings. The van der Waals surface area contributed by atoms with E-state index in [-0.39, 0.29) is 35.3 Å². The quantitative estimate of drug-likeness (QED) is 0.517. The van der Waals surface area contributed by atoms with Crippen molar-refractivity contribution in [2.75, 3.05) is 6.61 Å². The molecule has 0 aliphatic heterocycles. The van der Waals surface area contributed by atoms with E-state index in [2.05, 4.69) is 9.97 Å². The number of ether oxygens (including phenoxy) is 1. The Kier molecular flexibility index (Phi) is 6.63. The van der Waals surface area contributed by atoms with Crippen LogP contribution in [0.15, 0.2) is 24.5 Å². The largest absolute Gasteiger partial charge is 0.492 e. The number of carboxylic acids is 1. The van der Waals surface area contributed by atoms with Crippen LogP contribution in [0, 0.1) is 0 Å². The number of H-pyrrole nitrogens is 1. The van der Waals surface area contributed by atoms with Crippen molar-refractivity contribution in [3.63, 3.8) is 0 Å². The first-order valence-electron chi connectivity index (χ1n) is 7.33. The number of aryl methyl sites for hydroxylation is 1. The van der Waals surface area contributed by atoms with Crippen molar-refractivity contribution in [1.82, 2.24) is 9.97 Å².